The number of carbonyl (C=O) groups is 1. The second kappa shape index (κ2) is 71.2. The minimum atomic E-state index is -2.33. The van der Waals surface area contributed by atoms with Gasteiger partial charge in [-0.2, -0.15) is 0 Å². The number of carbonyl (C=O) groups excluding carboxylic acids is 1. The molecule has 0 amide bonds. The first-order valence-electron chi connectivity index (χ1n) is 0.612. The molecule has 0 aliphatic rings. The van der Waals surface area contributed by atoms with Gasteiger partial charge in [-0.1, -0.05) is 0 Å². The van der Waals surface area contributed by atoms with E-state index >= 15 is 0 Å². The molecule has 0 aromatic heterocycles. The standard InChI is InChI=1S/CH2O3.Al.2Li.4H2O/c2-1(3)4;;;;;;;/h(H2,2,3,4);;;;4*1H2/q;+3;2*+1;;;;/p-3. The molecule has 0 aromatic carbocycles. The van der Waals surface area contributed by atoms with E-state index in [-0.39, 0.29) is 77.0 Å². The molecular formula is CH7AlLi2O7+2. The summed E-state index contributed by atoms with van der Waals surface area (Å²) >= 11 is 0. The van der Waals surface area contributed by atoms with E-state index in [4.69, 9.17) is 15.0 Å². The molecule has 10 heteroatoms. The summed E-state index contributed by atoms with van der Waals surface area (Å²) in [5.41, 5.74) is 0. The maximum absolute atomic E-state index is 8.33. The van der Waals surface area contributed by atoms with Gasteiger partial charge >= 0.3 is 55.1 Å². The van der Waals surface area contributed by atoms with E-state index < -0.39 is 6.16 Å². The van der Waals surface area contributed by atoms with Gasteiger partial charge in [0.2, 0.25) is 0 Å². The summed E-state index contributed by atoms with van der Waals surface area (Å²) < 4.78 is 0. The molecule has 0 bridgehead atoms. The van der Waals surface area contributed by atoms with Crippen molar-refractivity contribution in [3.8, 4) is 0 Å². The minimum absolute atomic E-state index is 0. The van der Waals surface area contributed by atoms with Crippen LogP contribution in [0.2, 0.25) is 0 Å². The van der Waals surface area contributed by atoms with Crippen LogP contribution < -0.4 is 47.9 Å². The summed E-state index contributed by atoms with van der Waals surface area (Å²) in [6, 6.07) is 0. The van der Waals surface area contributed by atoms with Crippen LogP contribution in [0.15, 0.2) is 0 Å². The molecule has 0 saturated heterocycles. The molecule has 0 aliphatic carbocycles. The Morgan fingerprint density at radius 1 is 0.909 bits per heavy atom. The minimum Gasteiger partial charge on any atom is -0.870 e. The van der Waals surface area contributed by atoms with E-state index in [9.17, 15) is 0 Å². The maximum atomic E-state index is 8.33. The van der Waals surface area contributed by atoms with E-state index in [0.29, 0.717) is 0 Å². The third-order valence-corrected chi connectivity index (χ3v) is 0. The SMILES string of the molecule is O.O.O.O=C([O-])[O-].[Al+3].[Li+].[Li+].[OH-]. The smallest absolute Gasteiger partial charge is 0.870 e. The van der Waals surface area contributed by atoms with Crippen LogP contribution in [-0.4, -0.2) is 45.4 Å². The van der Waals surface area contributed by atoms with Crippen molar-refractivity contribution in [1.29, 1.82) is 0 Å². The average Bonchev–Trinajstić information content (AvgIpc) is 0.811. The molecule has 7 nitrogen and oxygen atoms in total. The van der Waals surface area contributed by atoms with Crippen molar-refractivity contribution in [2.24, 2.45) is 0 Å². The monoisotopic (exact) mass is 172 g/mol. The van der Waals surface area contributed by atoms with Gasteiger partial charge in [0, 0.05) is 0 Å². The Bertz CT molecular complexity index is 39.4. The van der Waals surface area contributed by atoms with Crippen LogP contribution in [0.25, 0.3) is 0 Å². The molecule has 0 aromatic rings. The van der Waals surface area contributed by atoms with Crippen molar-refractivity contribution < 1.29 is 74.6 Å². The van der Waals surface area contributed by atoms with Gasteiger partial charge in [-0.05, 0) is 6.16 Å². The van der Waals surface area contributed by atoms with Gasteiger partial charge in [-0.3, -0.25) is 0 Å². The van der Waals surface area contributed by atoms with Gasteiger partial charge in [0.15, 0.2) is 0 Å². The Morgan fingerprint density at radius 3 is 0.909 bits per heavy atom. The molecule has 56 valence electrons. The van der Waals surface area contributed by atoms with Crippen molar-refractivity contribution >= 4 is 23.5 Å². The third-order valence-electron chi connectivity index (χ3n) is 0. The molecule has 11 heavy (non-hydrogen) atoms. The molecular weight excluding hydrogens is 165 g/mol. The molecule has 0 unspecified atom stereocenters. The Labute approximate surface area is 97.9 Å². The molecule has 0 radical (unpaired) electrons. The zero-order chi connectivity index (χ0) is 3.58. The average molecular weight is 172 g/mol. The van der Waals surface area contributed by atoms with E-state index in [2.05, 4.69) is 0 Å². The van der Waals surface area contributed by atoms with E-state index in [0.717, 1.165) is 0 Å². The molecule has 0 atom stereocenters. The first kappa shape index (κ1) is 94.4. The first-order chi connectivity index (χ1) is 1.73. The van der Waals surface area contributed by atoms with Crippen LogP contribution in [0.4, 0.5) is 4.79 Å². The fourth-order valence-corrected chi connectivity index (χ4v) is 0. The third kappa shape index (κ3) is 1210. The zero-order valence-corrected chi connectivity index (χ0v) is 7.40. The maximum Gasteiger partial charge on any atom is 3.00 e. The Morgan fingerprint density at radius 2 is 0.909 bits per heavy atom. The van der Waals surface area contributed by atoms with Crippen LogP contribution in [-0.2, 0) is 0 Å². The predicted octanol–water partition coefficient (Wildman–Crippen LogP) is -11.5. The van der Waals surface area contributed by atoms with Crippen LogP contribution in [0.5, 0.6) is 0 Å². The van der Waals surface area contributed by atoms with Crippen molar-refractivity contribution in [2.75, 3.05) is 0 Å². The van der Waals surface area contributed by atoms with Gasteiger partial charge in [0.25, 0.3) is 0 Å². The summed E-state index contributed by atoms with van der Waals surface area (Å²) in [4.78, 5) is 8.33. The topological polar surface area (TPSA) is 188 Å². The van der Waals surface area contributed by atoms with Gasteiger partial charge in [0.1, 0.15) is 0 Å². The van der Waals surface area contributed by atoms with Gasteiger partial charge < -0.3 is 36.9 Å². The fourth-order valence-electron chi connectivity index (χ4n) is 0. The van der Waals surface area contributed by atoms with Gasteiger partial charge in [0.05, 0.1) is 0 Å². The number of rotatable bonds is 0. The normalized spacial score (nSPS) is 2.18. The zero-order valence-electron chi connectivity index (χ0n) is 6.25. The summed E-state index contributed by atoms with van der Waals surface area (Å²) in [5, 5.41) is 16.7. The van der Waals surface area contributed by atoms with Crippen LogP contribution in [0, 0.1) is 0 Å². The Hall–Kier alpha value is 0.837. The molecule has 0 heterocycles. The van der Waals surface area contributed by atoms with Crippen molar-refractivity contribution in [3.63, 3.8) is 0 Å². The fraction of sp³-hybridized carbons (Fsp3) is 0. The molecule has 0 spiro atoms. The number of carboxylic acid groups (broad SMARTS) is 2. The van der Waals surface area contributed by atoms with Crippen LogP contribution >= 0.6 is 0 Å². The van der Waals surface area contributed by atoms with Crippen molar-refractivity contribution in [3.05, 3.63) is 0 Å². The molecule has 0 aliphatic heterocycles. The second-order valence-corrected chi connectivity index (χ2v) is 0.250. The van der Waals surface area contributed by atoms with E-state index in [1.165, 1.54) is 0 Å². The Balaban J connectivity index is -0.00000000214. The van der Waals surface area contributed by atoms with E-state index in [1.54, 1.807) is 0 Å². The van der Waals surface area contributed by atoms with Crippen molar-refractivity contribution in [2.45, 2.75) is 0 Å². The first-order valence-corrected chi connectivity index (χ1v) is 0.612. The van der Waals surface area contributed by atoms with Crippen molar-refractivity contribution in [1.82, 2.24) is 0 Å². The molecule has 0 rings (SSSR count). The van der Waals surface area contributed by atoms with Crippen LogP contribution in [0.3, 0.4) is 0 Å². The Kier molecular flexibility index (Phi) is 611. The molecule has 0 fully saturated rings. The van der Waals surface area contributed by atoms with E-state index in [1.807, 2.05) is 0 Å². The predicted molar refractivity (Wildman–Crippen MR) is 23.9 cm³/mol. The summed E-state index contributed by atoms with van der Waals surface area (Å²) in [5.74, 6) is 0. The van der Waals surface area contributed by atoms with Crippen LogP contribution in [0.1, 0.15) is 0 Å². The van der Waals surface area contributed by atoms with Gasteiger partial charge in [-0.25, -0.2) is 0 Å². The quantitative estimate of drug-likeness (QED) is 0.328. The summed E-state index contributed by atoms with van der Waals surface area (Å²) in [6.07, 6.45) is -2.33. The number of hydrogen-bond donors (Lipinski definition) is 0. The molecule has 0 saturated carbocycles. The molecule has 7 N–H and O–H groups in total. The summed E-state index contributed by atoms with van der Waals surface area (Å²) in [6.45, 7) is 0. The second-order valence-electron chi connectivity index (χ2n) is 0.250. The summed E-state index contributed by atoms with van der Waals surface area (Å²) in [7, 11) is 0. The largest absolute Gasteiger partial charge is 3.00 e. The van der Waals surface area contributed by atoms with Gasteiger partial charge in [-0.15, -0.1) is 0 Å². The number of hydrogen-bond acceptors (Lipinski definition) is 4.